The van der Waals surface area contributed by atoms with Crippen molar-refractivity contribution in [2.24, 2.45) is 17.1 Å². The number of rotatable bonds is 9. The smallest absolute Gasteiger partial charge is 0.312 e. The molecule has 0 bridgehead atoms. The summed E-state index contributed by atoms with van der Waals surface area (Å²) in [5.41, 5.74) is 8.21. The van der Waals surface area contributed by atoms with Gasteiger partial charge in [-0.1, -0.05) is 81.4 Å². The Balaban J connectivity index is 2.20. The van der Waals surface area contributed by atoms with Crippen LogP contribution in [0.15, 0.2) is 66.9 Å². The molecule has 0 spiro atoms. The molecule has 36 heavy (non-hydrogen) atoms. The van der Waals surface area contributed by atoms with Gasteiger partial charge in [0.15, 0.2) is 0 Å². The fraction of sp³-hybridized carbons (Fsp3) is 0.393. The summed E-state index contributed by atoms with van der Waals surface area (Å²) in [6.07, 6.45) is 1.99. The lowest BCUT2D eigenvalue weighted by atomic mass is 9.84. The molecule has 2 aromatic carbocycles. The fourth-order valence-electron chi connectivity index (χ4n) is 4.33. The van der Waals surface area contributed by atoms with Gasteiger partial charge in [0.2, 0.25) is 0 Å². The van der Waals surface area contributed by atoms with Crippen molar-refractivity contribution in [3.05, 3.63) is 78.2 Å². The second-order valence-electron chi connectivity index (χ2n) is 10.1. The van der Waals surface area contributed by atoms with Gasteiger partial charge in [-0.2, -0.15) is 0 Å². The number of nitrogens with one attached hydrogen (secondary N) is 1. The summed E-state index contributed by atoms with van der Waals surface area (Å²) >= 11 is 0. The average molecular weight is 492 g/mol. The van der Waals surface area contributed by atoms with Crippen molar-refractivity contribution < 1.29 is 14.7 Å². The van der Waals surface area contributed by atoms with Crippen LogP contribution in [0.1, 0.15) is 38.2 Å². The van der Waals surface area contributed by atoms with Crippen LogP contribution in [-0.2, 0) is 16.1 Å². The third kappa shape index (κ3) is 6.38. The molecule has 4 N–H and O–H groups in total. The summed E-state index contributed by atoms with van der Waals surface area (Å²) in [5, 5.41) is 12.3. The number of likely N-dealkylation sites (N-methyl/N-ethyl adjacent to an activating group) is 1. The lowest BCUT2D eigenvalue weighted by Crippen LogP contribution is -2.50. The van der Waals surface area contributed by atoms with E-state index in [1.165, 1.54) is 11.9 Å². The number of aromatic nitrogens is 2. The lowest BCUT2D eigenvalue weighted by molar-refractivity contribution is -0.150. The molecule has 0 unspecified atom stereocenters. The summed E-state index contributed by atoms with van der Waals surface area (Å²) in [5.74, 6) is -1.12. The number of carbonyl (C=O) groups excluding carboxylic acids is 2. The van der Waals surface area contributed by atoms with E-state index in [9.17, 15) is 14.7 Å². The van der Waals surface area contributed by atoms with Crippen LogP contribution in [0.5, 0.6) is 0 Å². The number of aliphatic hydroxyl groups excluding tert-OH is 1. The molecule has 8 heteroatoms. The van der Waals surface area contributed by atoms with Gasteiger partial charge < -0.3 is 25.6 Å². The van der Waals surface area contributed by atoms with E-state index in [1.54, 1.807) is 0 Å². The van der Waals surface area contributed by atoms with Crippen LogP contribution in [0.4, 0.5) is 0 Å². The van der Waals surface area contributed by atoms with Gasteiger partial charge in [0.25, 0.3) is 0 Å². The number of aliphatic hydroxyl groups is 1. The SMILES string of the molecule is CNC(=O)C(=O)N(C[C@H](CN)CO)[C@@H](c1nc(-c2ccccc2)cn1Cc1ccccc1)C(C)(C)C. The molecular formula is C28H37N5O3. The zero-order valence-electron chi connectivity index (χ0n) is 21.5. The van der Waals surface area contributed by atoms with Crippen molar-refractivity contribution in [2.45, 2.75) is 33.4 Å². The Morgan fingerprint density at radius 3 is 2.22 bits per heavy atom. The molecule has 192 valence electrons. The van der Waals surface area contributed by atoms with Crippen molar-refractivity contribution in [2.75, 3.05) is 26.7 Å². The van der Waals surface area contributed by atoms with Crippen LogP contribution >= 0.6 is 0 Å². The highest BCUT2D eigenvalue weighted by Crippen LogP contribution is 2.39. The van der Waals surface area contributed by atoms with Crippen LogP contribution in [-0.4, -0.2) is 58.1 Å². The Labute approximate surface area is 213 Å². The van der Waals surface area contributed by atoms with Gasteiger partial charge in [-0.05, 0) is 17.5 Å². The molecule has 0 aliphatic carbocycles. The first-order chi connectivity index (χ1) is 17.2. The van der Waals surface area contributed by atoms with Crippen LogP contribution < -0.4 is 11.1 Å². The van der Waals surface area contributed by atoms with Gasteiger partial charge in [-0.25, -0.2) is 4.98 Å². The van der Waals surface area contributed by atoms with Crippen molar-refractivity contribution in [1.29, 1.82) is 0 Å². The highest BCUT2D eigenvalue weighted by atomic mass is 16.3. The topological polar surface area (TPSA) is 113 Å². The summed E-state index contributed by atoms with van der Waals surface area (Å²) in [7, 11) is 1.43. The molecule has 3 aromatic rings. The number of imidazole rings is 1. The molecule has 2 amide bonds. The zero-order chi connectivity index (χ0) is 26.3. The van der Waals surface area contributed by atoms with Crippen LogP contribution in [0.2, 0.25) is 0 Å². The number of carbonyl (C=O) groups is 2. The molecule has 0 aliphatic rings. The lowest BCUT2D eigenvalue weighted by Gasteiger charge is -2.40. The van der Waals surface area contributed by atoms with Crippen LogP contribution in [0, 0.1) is 11.3 Å². The molecule has 3 rings (SSSR count). The first-order valence-corrected chi connectivity index (χ1v) is 12.2. The quantitative estimate of drug-likeness (QED) is 0.399. The molecule has 0 saturated carbocycles. The minimum atomic E-state index is -0.720. The standard InChI is InChI=1S/C28H37N5O3/c1-28(2,3)24(33(17-21(15-29)19-34)27(36)26(35)30-4)25-31-23(22-13-9-6-10-14-22)18-32(25)16-20-11-7-5-8-12-20/h5-14,18,21,24,34H,15-17,19,29H2,1-4H3,(H,30,35)/t21-,24-/m0/s1. The van der Waals surface area contributed by atoms with Crippen molar-refractivity contribution in [1.82, 2.24) is 19.8 Å². The first-order valence-electron chi connectivity index (χ1n) is 12.2. The monoisotopic (exact) mass is 491 g/mol. The molecule has 1 heterocycles. The van der Waals surface area contributed by atoms with Gasteiger partial charge in [0, 0.05) is 44.4 Å². The molecular weight excluding hydrogens is 454 g/mol. The number of benzene rings is 2. The van der Waals surface area contributed by atoms with E-state index in [-0.39, 0.29) is 25.6 Å². The molecule has 0 radical (unpaired) electrons. The predicted molar refractivity (Wildman–Crippen MR) is 141 cm³/mol. The third-order valence-electron chi connectivity index (χ3n) is 6.18. The van der Waals surface area contributed by atoms with E-state index in [0.29, 0.717) is 12.4 Å². The Hall–Kier alpha value is -3.49. The van der Waals surface area contributed by atoms with E-state index in [4.69, 9.17) is 10.7 Å². The zero-order valence-corrected chi connectivity index (χ0v) is 21.5. The second kappa shape index (κ2) is 12.0. The van der Waals surface area contributed by atoms with Crippen molar-refractivity contribution >= 4 is 11.8 Å². The normalized spacial score (nSPS) is 13.2. The van der Waals surface area contributed by atoms with Gasteiger partial charge in [0.1, 0.15) is 5.82 Å². The maximum atomic E-state index is 13.4. The van der Waals surface area contributed by atoms with Gasteiger partial charge in [-0.15, -0.1) is 0 Å². The molecule has 0 aliphatic heterocycles. The van der Waals surface area contributed by atoms with E-state index < -0.39 is 23.3 Å². The Bertz CT molecular complexity index is 1130. The Morgan fingerprint density at radius 1 is 1.08 bits per heavy atom. The maximum absolute atomic E-state index is 13.4. The predicted octanol–water partition coefficient (Wildman–Crippen LogP) is 2.83. The third-order valence-corrected chi connectivity index (χ3v) is 6.18. The molecule has 2 atom stereocenters. The fourth-order valence-corrected chi connectivity index (χ4v) is 4.33. The first kappa shape index (κ1) is 27.1. The van der Waals surface area contributed by atoms with Gasteiger partial charge >= 0.3 is 11.8 Å². The van der Waals surface area contributed by atoms with Crippen LogP contribution in [0.25, 0.3) is 11.3 Å². The van der Waals surface area contributed by atoms with Gasteiger partial charge in [0.05, 0.1) is 11.7 Å². The highest BCUT2D eigenvalue weighted by molar-refractivity contribution is 6.35. The molecule has 0 saturated heterocycles. The minimum Gasteiger partial charge on any atom is -0.396 e. The number of nitrogens with zero attached hydrogens (tertiary/aromatic N) is 3. The van der Waals surface area contributed by atoms with Gasteiger partial charge in [-0.3, -0.25) is 9.59 Å². The van der Waals surface area contributed by atoms with E-state index >= 15 is 0 Å². The molecule has 8 nitrogen and oxygen atoms in total. The van der Waals surface area contributed by atoms with E-state index in [2.05, 4.69) is 5.32 Å². The second-order valence-corrected chi connectivity index (χ2v) is 10.1. The van der Waals surface area contributed by atoms with E-state index in [1.807, 2.05) is 92.2 Å². The summed E-state index contributed by atoms with van der Waals surface area (Å²) in [6, 6.07) is 19.3. The number of amides is 2. The Morgan fingerprint density at radius 2 is 1.69 bits per heavy atom. The molecule has 1 aromatic heterocycles. The molecule has 0 fully saturated rings. The van der Waals surface area contributed by atoms with E-state index in [0.717, 1.165) is 16.8 Å². The highest BCUT2D eigenvalue weighted by Gasteiger charge is 2.40. The van der Waals surface area contributed by atoms with Crippen molar-refractivity contribution in [3.63, 3.8) is 0 Å². The Kier molecular flexibility index (Phi) is 9.01. The van der Waals surface area contributed by atoms with Crippen molar-refractivity contribution in [3.8, 4) is 11.3 Å². The maximum Gasteiger partial charge on any atom is 0.312 e. The number of hydrogen-bond donors (Lipinski definition) is 3. The minimum absolute atomic E-state index is 0.125. The van der Waals surface area contributed by atoms with Crippen LogP contribution in [0.3, 0.4) is 0 Å². The summed E-state index contributed by atoms with van der Waals surface area (Å²) in [4.78, 5) is 32.5. The average Bonchev–Trinajstić information content (AvgIpc) is 3.28. The summed E-state index contributed by atoms with van der Waals surface area (Å²) < 4.78 is 2.05. The number of nitrogens with two attached hydrogens (primary N) is 1. The summed E-state index contributed by atoms with van der Waals surface area (Å²) in [6.45, 7) is 6.70. The largest absolute Gasteiger partial charge is 0.396 e. The number of hydrogen-bond acceptors (Lipinski definition) is 5.